The smallest absolute Gasteiger partial charge is 0.153 e. The molecule has 0 aliphatic rings. The Balaban J connectivity index is 1.89. The minimum Gasteiger partial charge on any atom is -0.386 e. The molecule has 3 heterocycles. The molecule has 0 unspecified atom stereocenters. The zero-order valence-corrected chi connectivity index (χ0v) is 15.7. The van der Waals surface area contributed by atoms with Gasteiger partial charge in [-0.2, -0.15) is 0 Å². The number of aryl methyl sites for hydroxylation is 1. The highest BCUT2D eigenvalue weighted by atomic mass is 16.3. The molecule has 3 rings (SSSR count). The zero-order chi connectivity index (χ0) is 18.9. The predicted molar refractivity (Wildman–Crippen MR) is 103 cm³/mol. The Morgan fingerprint density at radius 1 is 1.19 bits per heavy atom. The number of pyridine rings is 1. The molecule has 3 aromatic heterocycles. The van der Waals surface area contributed by atoms with E-state index < -0.39 is 5.60 Å². The van der Waals surface area contributed by atoms with Crippen molar-refractivity contribution in [3.8, 4) is 0 Å². The molecule has 0 aromatic carbocycles. The fourth-order valence-electron chi connectivity index (χ4n) is 2.77. The second-order valence-electron chi connectivity index (χ2n) is 7.09. The minimum atomic E-state index is -0.910. The minimum absolute atomic E-state index is 0.313. The topological polar surface area (TPSA) is 88.8 Å². The molecular weight excluding hydrogens is 328 g/mol. The molecule has 0 atom stereocenters. The Bertz CT molecular complexity index is 952. The van der Waals surface area contributed by atoms with Crippen molar-refractivity contribution in [2.24, 2.45) is 0 Å². The SMILES string of the molecule is Cc1nc2cnc(Nc3ccnc(C=CC(C)(C)O)n3)cc2n1C(C)C. The number of hydrogen-bond donors (Lipinski definition) is 2. The summed E-state index contributed by atoms with van der Waals surface area (Å²) in [6, 6.07) is 4.06. The van der Waals surface area contributed by atoms with Crippen molar-refractivity contribution in [3.63, 3.8) is 0 Å². The standard InChI is InChI=1S/C19H24N6O/c1-12(2)25-13(3)22-14-11-21-18(10-15(14)25)24-17-7-9-20-16(23-17)6-8-19(4,5)26/h6-12,26H,1-5H3,(H,20,21,23,24). The fourth-order valence-corrected chi connectivity index (χ4v) is 2.77. The number of rotatable bonds is 5. The first-order chi connectivity index (χ1) is 12.2. The zero-order valence-electron chi connectivity index (χ0n) is 15.7. The summed E-state index contributed by atoms with van der Waals surface area (Å²) in [5.74, 6) is 2.81. The van der Waals surface area contributed by atoms with Crippen molar-refractivity contribution in [2.75, 3.05) is 5.32 Å². The average molecular weight is 352 g/mol. The van der Waals surface area contributed by atoms with E-state index in [0.717, 1.165) is 16.9 Å². The molecule has 0 spiro atoms. The summed E-state index contributed by atoms with van der Waals surface area (Å²) in [6.45, 7) is 9.66. The van der Waals surface area contributed by atoms with Gasteiger partial charge in [-0.05, 0) is 52.8 Å². The molecule has 136 valence electrons. The molecule has 7 heteroatoms. The predicted octanol–water partition coefficient (Wildman–Crippen LogP) is 3.64. The van der Waals surface area contributed by atoms with Crippen LogP contribution in [0.3, 0.4) is 0 Å². The molecule has 0 saturated carbocycles. The molecule has 0 aliphatic carbocycles. The summed E-state index contributed by atoms with van der Waals surface area (Å²) < 4.78 is 2.18. The Hall–Kier alpha value is -2.80. The van der Waals surface area contributed by atoms with Crippen LogP contribution in [-0.2, 0) is 0 Å². The van der Waals surface area contributed by atoms with E-state index in [2.05, 4.69) is 43.7 Å². The van der Waals surface area contributed by atoms with E-state index in [1.807, 2.05) is 13.0 Å². The first kappa shape index (κ1) is 18.0. The summed E-state index contributed by atoms with van der Waals surface area (Å²) in [5.41, 5.74) is 0.997. The molecule has 7 nitrogen and oxygen atoms in total. The van der Waals surface area contributed by atoms with Gasteiger partial charge >= 0.3 is 0 Å². The summed E-state index contributed by atoms with van der Waals surface area (Å²) in [4.78, 5) is 17.6. The molecule has 0 amide bonds. The van der Waals surface area contributed by atoms with Gasteiger partial charge in [-0.15, -0.1) is 0 Å². The van der Waals surface area contributed by atoms with Gasteiger partial charge in [0.05, 0.1) is 17.3 Å². The van der Waals surface area contributed by atoms with E-state index >= 15 is 0 Å². The van der Waals surface area contributed by atoms with E-state index in [1.54, 1.807) is 44.5 Å². The number of nitrogens with zero attached hydrogens (tertiary/aromatic N) is 5. The molecule has 0 fully saturated rings. The van der Waals surface area contributed by atoms with Crippen molar-refractivity contribution in [1.82, 2.24) is 24.5 Å². The van der Waals surface area contributed by atoms with Crippen LogP contribution in [0.5, 0.6) is 0 Å². The number of nitrogens with one attached hydrogen (secondary N) is 1. The van der Waals surface area contributed by atoms with Gasteiger partial charge in [0, 0.05) is 18.3 Å². The second-order valence-corrected chi connectivity index (χ2v) is 7.09. The highest BCUT2D eigenvalue weighted by molar-refractivity contribution is 5.79. The Morgan fingerprint density at radius 2 is 1.96 bits per heavy atom. The maximum Gasteiger partial charge on any atom is 0.153 e. The number of hydrogen-bond acceptors (Lipinski definition) is 6. The fraction of sp³-hybridized carbons (Fsp3) is 0.368. The average Bonchev–Trinajstić information content (AvgIpc) is 2.88. The van der Waals surface area contributed by atoms with E-state index in [1.165, 1.54) is 0 Å². The summed E-state index contributed by atoms with van der Waals surface area (Å²) in [7, 11) is 0. The van der Waals surface area contributed by atoms with Gasteiger partial charge in [0.1, 0.15) is 23.0 Å². The summed E-state index contributed by atoms with van der Waals surface area (Å²) >= 11 is 0. The van der Waals surface area contributed by atoms with Crippen LogP contribution >= 0.6 is 0 Å². The molecule has 3 aromatic rings. The summed E-state index contributed by atoms with van der Waals surface area (Å²) in [6.07, 6.45) is 6.78. The van der Waals surface area contributed by atoms with E-state index in [0.29, 0.717) is 23.5 Å². The molecule has 2 N–H and O–H groups in total. The molecule has 0 aliphatic heterocycles. The molecule has 0 saturated heterocycles. The van der Waals surface area contributed by atoms with Crippen LogP contribution in [0.25, 0.3) is 17.1 Å². The third kappa shape index (κ3) is 4.05. The Morgan fingerprint density at radius 3 is 2.65 bits per heavy atom. The number of aromatic nitrogens is 5. The molecular formula is C19H24N6O. The molecule has 0 bridgehead atoms. The Labute approximate surface area is 152 Å². The normalized spacial score (nSPS) is 12.4. The second kappa shape index (κ2) is 6.84. The maximum absolute atomic E-state index is 9.78. The number of anilines is 2. The van der Waals surface area contributed by atoms with Crippen LogP contribution in [0, 0.1) is 6.92 Å². The van der Waals surface area contributed by atoms with Crippen molar-refractivity contribution < 1.29 is 5.11 Å². The third-order valence-corrected chi connectivity index (χ3v) is 3.84. The van der Waals surface area contributed by atoms with Crippen LogP contribution < -0.4 is 5.32 Å². The van der Waals surface area contributed by atoms with E-state index in [9.17, 15) is 5.11 Å². The lowest BCUT2D eigenvalue weighted by molar-refractivity contribution is 0.134. The van der Waals surface area contributed by atoms with Crippen molar-refractivity contribution in [2.45, 2.75) is 46.3 Å². The maximum atomic E-state index is 9.78. The van der Waals surface area contributed by atoms with E-state index in [-0.39, 0.29) is 0 Å². The summed E-state index contributed by atoms with van der Waals surface area (Å²) in [5, 5.41) is 13.0. The highest BCUT2D eigenvalue weighted by Gasteiger charge is 2.12. The number of imidazole rings is 1. The lowest BCUT2D eigenvalue weighted by atomic mass is 10.1. The monoisotopic (exact) mass is 352 g/mol. The van der Waals surface area contributed by atoms with Gasteiger partial charge < -0.3 is 15.0 Å². The largest absolute Gasteiger partial charge is 0.386 e. The number of aliphatic hydroxyl groups is 1. The van der Waals surface area contributed by atoms with Gasteiger partial charge in [-0.1, -0.05) is 0 Å². The quantitative estimate of drug-likeness (QED) is 0.729. The highest BCUT2D eigenvalue weighted by Crippen LogP contribution is 2.23. The molecule has 26 heavy (non-hydrogen) atoms. The van der Waals surface area contributed by atoms with E-state index in [4.69, 9.17) is 0 Å². The van der Waals surface area contributed by atoms with Gasteiger partial charge in [-0.3, -0.25) is 0 Å². The first-order valence-corrected chi connectivity index (χ1v) is 8.59. The van der Waals surface area contributed by atoms with Gasteiger partial charge in [0.15, 0.2) is 5.82 Å². The molecule has 0 radical (unpaired) electrons. The van der Waals surface area contributed by atoms with Crippen LogP contribution in [-0.4, -0.2) is 35.2 Å². The van der Waals surface area contributed by atoms with Gasteiger partial charge in [0.2, 0.25) is 0 Å². The van der Waals surface area contributed by atoms with Crippen LogP contribution in [0.4, 0.5) is 11.6 Å². The first-order valence-electron chi connectivity index (χ1n) is 8.59. The lowest BCUT2D eigenvalue weighted by Crippen LogP contribution is -2.13. The van der Waals surface area contributed by atoms with Crippen LogP contribution in [0.1, 0.15) is 45.4 Å². The third-order valence-electron chi connectivity index (χ3n) is 3.84. The lowest BCUT2D eigenvalue weighted by Gasteiger charge is -2.11. The van der Waals surface area contributed by atoms with Crippen LogP contribution in [0.2, 0.25) is 0 Å². The van der Waals surface area contributed by atoms with Crippen molar-refractivity contribution in [3.05, 3.63) is 42.3 Å². The van der Waals surface area contributed by atoms with Crippen LogP contribution in [0.15, 0.2) is 30.6 Å². The van der Waals surface area contributed by atoms with Gasteiger partial charge in [-0.25, -0.2) is 19.9 Å². The van der Waals surface area contributed by atoms with Gasteiger partial charge in [0.25, 0.3) is 0 Å². The van der Waals surface area contributed by atoms with Crippen molar-refractivity contribution >= 4 is 28.7 Å². The Kier molecular flexibility index (Phi) is 4.73. The van der Waals surface area contributed by atoms with Crippen molar-refractivity contribution in [1.29, 1.82) is 0 Å². The number of fused-ring (bicyclic) bond motifs is 1.